The van der Waals surface area contributed by atoms with Gasteiger partial charge in [-0.15, -0.1) is 0 Å². The van der Waals surface area contributed by atoms with Crippen LogP contribution in [0.25, 0.3) is 0 Å². The topological polar surface area (TPSA) is 71.6 Å². The molecule has 1 fully saturated rings. The predicted molar refractivity (Wildman–Crippen MR) is 87.7 cm³/mol. The molecule has 0 saturated carbocycles. The summed E-state index contributed by atoms with van der Waals surface area (Å²) in [5, 5.41) is 14.0. The number of aliphatic hydroxyl groups is 1. The average Bonchev–Trinajstić information content (AvgIpc) is 3.15. The number of likely N-dealkylation sites (tertiary alicyclic amines) is 1. The normalized spacial score (nSPS) is 25.7. The summed E-state index contributed by atoms with van der Waals surface area (Å²) < 4.78 is 11.5. The largest absolute Gasteiger partial charge is 0.487 e. The van der Waals surface area contributed by atoms with Crippen molar-refractivity contribution in [2.45, 2.75) is 57.9 Å². The molecule has 0 radical (unpaired) electrons. The number of fused-ring (bicyclic) bond motifs is 1. The van der Waals surface area contributed by atoms with Crippen LogP contribution in [0, 0.1) is 6.92 Å². The van der Waals surface area contributed by atoms with Crippen LogP contribution in [0.2, 0.25) is 0 Å². The van der Waals surface area contributed by atoms with E-state index in [0.717, 1.165) is 17.7 Å². The van der Waals surface area contributed by atoms with Crippen molar-refractivity contribution in [3.63, 3.8) is 0 Å². The second kappa shape index (κ2) is 5.57. The summed E-state index contributed by atoms with van der Waals surface area (Å²) in [6.07, 6.45) is 1.16. The molecule has 24 heavy (non-hydrogen) atoms. The number of aromatic nitrogens is 2. The molecule has 0 unspecified atom stereocenters. The highest BCUT2D eigenvalue weighted by Gasteiger charge is 2.37. The van der Waals surface area contributed by atoms with Gasteiger partial charge in [0.15, 0.2) is 5.82 Å². The number of β-amino-alcohol motifs (C(OH)–C–C–N with tert-alkyl or cyclic N) is 1. The van der Waals surface area contributed by atoms with E-state index < -0.39 is 0 Å². The highest BCUT2D eigenvalue weighted by atomic mass is 16.5. The molecule has 6 heteroatoms. The van der Waals surface area contributed by atoms with Crippen molar-refractivity contribution in [2.24, 2.45) is 0 Å². The van der Waals surface area contributed by atoms with Crippen molar-refractivity contribution in [1.29, 1.82) is 0 Å². The zero-order valence-corrected chi connectivity index (χ0v) is 14.3. The quantitative estimate of drug-likeness (QED) is 0.932. The summed E-state index contributed by atoms with van der Waals surface area (Å²) in [5.74, 6) is 2.19. The third kappa shape index (κ3) is 2.80. The van der Waals surface area contributed by atoms with Crippen LogP contribution in [0.4, 0.5) is 0 Å². The molecule has 6 nitrogen and oxygen atoms in total. The van der Waals surface area contributed by atoms with Gasteiger partial charge in [-0.25, -0.2) is 0 Å². The lowest BCUT2D eigenvalue weighted by atomic mass is 10.0. The first-order valence-corrected chi connectivity index (χ1v) is 8.43. The molecule has 3 heterocycles. The number of rotatable bonds is 3. The smallest absolute Gasteiger partial charge is 0.244 e. The minimum atomic E-state index is -0.378. The lowest BCUT2D eigenvalue weighted by Gasteiger charge is -2.23. The molecule has 1 aromatic carbocycles. The fourth-order valence-corrected chi connectivity index (χ4v) is 3.78. The van der Waals surface area contributed by atoms with Crippen LogP contribution in [-0.2, 0) is 13.0 Å². The monoisotopic (exact) mass is 329 g/mol. The van der Waals surface area contributed by atoms with E-state index in [1.54, 1.807) is 0 Å². The van der Waals surface area contributed by atoms with Crippen molar-refractivity contribution in [1.82, 2.24) is 15.0 Å². The molecule has 0 amide bonds. The number of hydrogen-bond donors (Lipinski definition) is 1. The Labute approximate surface area is 141 Å². The highest BCUT2D eigenvalue weighted by Crippen LogP contribution is 2.40. The zero-order valence-electron chi connectivity index (χ0n) is 14.3. The van der Waals surface area contributed by atoms with Crippen molar-refractivity contribution in [3.05, 3.63) is 41.0 Å². The summed E-state index contributed by atoms with van der Waals surface area (Å²) in [5.41, 5.74) is 2.24. The van der Waals surface area contributed by atoms with Crippen LogP contribution in [0.1, 0.15) is 49.2 Å². The molecule has 2 aliphatic heterocycles. The van der Waals surface area contributed by atoms with Crippen LogP contribution >= 0.6 is 0 Å². The molecule has 2 aromatic rings. The molecule has 1 N–H and O–H groups in total. The molecule has 0 spiro atoms. The number of benzene rings is 1. The fraction of sp³-hybridized carbons (Fsp3) is 0.556. The molecule has 1 aromatic heterocycles. The maximum absolute atomic E-state index is 10.1. The first kappa shape index (κ1) is 15.6. The van der Waals surface area contributed by atoms with Crippen molar-refractivity contribution in [3.8, 4) is 5.75 Å². The Morgan fingerprint density at radius 3 is 2.96 bits per heavy atom. The van der Waals surface area contributed by atoms with E-state index >= 15 is 0 Å². The highest BCUT2D eigenvalue weighted by molar-refractivity contribution is 5.45. The van der Waals surface area contributed by atoms with Gasteiger partial charge < -0.3 is 14.4 Å². The summed E-state index contributed by atoms with van der Waals surface area (Å²) in [6.45, 7) is 7.32. The van der Waals surface area contributed by atoms with E-state index in [2.05, 4.69) is 47.1 Å². The van der Waals surface area contributed by atoms with Gasteiger partial charge in [-0.2, -0.15) is 4.98 Å². The molecule has 128 valence electrons. The van der Waals surface area contributed by atoms with E-state index in [-0.39, 0.29) is 17.7 Å². The first-order chi connectivity index (χ1) is 11.4. The maximum atomic E-state index is 10.1. The van der Waals surface area contributed by atoms with Crippen LogP contribution in [0.3, 0.4) is 0 Å². The summed E-state index contributed by atoms with van der Waals surface area (Å²) in [7, 11) is 0. The third-order valence-corrected chi connectivity index (χ3v) is 4.76. The zero-order chi connectivity index (χ0) is 16.9. The fourth-order valence-electron chi connectivity index (χ4n) is 3.78. The van der Waals surface area contributed by atoms with Crippen LogP contribution < -0.4 is 4.74 Å². The predicted octanol–water partition coefficient (Wildman–Crippen LogP) is 2.40. The maximum Gasteiger partial charge on any atom is 0.244 e. The number of hydrogen-bond acceptors (Lipinski definition) is 6. The molecule has 1 saturated heterocycles. The molecule has 2 atom stereocenters. The van der Waals surface area contributed by atoms with Gasteiger partial charge >= 0.3 is 0 Å². The second-order valence-corrected chi connectivity index (χ2v) is 7.46. The average molecular weight is 329 g/mol. The van der Waals surface area contributed by atoms with Crippen LogP contribution in [0.15, 0.2) is 22.7 Å². The lowest BCUT2D eigenvalue weighted by Crippen LogP contribution is -2.26. The Morgan fingerprint density at radius 1 is 1.38 bits per heavy atom. The number of nitrogens with zero attached hydrogens (tertiary/aromatic N) is 3. The van der Waals surface area contributed by atoms with Gasteiger partial charge in [0.25, 0.3) is 0 Å². The number of para-hydroxylation sites is 1. The van der Waals surface area contributed by atoms with Gasteiger partial charge in [0.1, 0.15) is 11.4 Å². The SMILES string of the molecule is Cc1noc([C@H]2C[C@H](O)CN2Cc2cccc3c2OC(C)(C)C3)n1. The van der Waals surface area contributed by atoms with Gasteiger partial charge in [0, 0.05) is 25.1 Å². The van der Waals surface area contributed by atoms with E-state index in [1.807, 2.05) is 6.92 Å². The molecule has 0 bridgehead atoms. The van der Waals surface area contributed by atoms with E-state index in [1.165, 1.54) is 5.56 Å². The Kier molecular flexibility index (Phi) is 3.62. The Hall–Kier alpha value is -1.92. The lowest BCUT2D eigenvalue weighted by molar-refractivity contribution is 0.132. The van der Waals surface area contributed by atoms with E-state index in [9.17, 15) is 5.11 Å². The summed E-state index contributed by atoms with van der Waals surface area (Å²) in [6, 6.07) is 6.26. The van der Waals surface area contributed by atoms with Gasteiger partial charge in [0.2, 0.25) is 5.89 Å². The second-order valence-electron chi connectivity index (χ2n) is 7.46. The van der Waals surface area contributed by atoms with Crippen LogP contribution in [-0.4, -0.2) is 38.4 Å². The van der Waals surface area contributed by atoms with Crippen molar-refractivity contribution >= 4 is 0 Å². The van der Waals surface area contributed by atoms with Crippen LogP contribution in [0.5, 0.6) is 5.75 Å². The van der Waals surface area contributed by atoms with Crippen molar-refractivity contribution in [2.75, 3.05) is 6.54 Å². The summed E-state index contributed by atoms with van der Waals surface area (Å²) >= 11 is 0. The van der Waals surface area contributed by atoms with Gasteiger partial charge in [0.05, 0.1) is 12.1 Å². The minimum Gasteiger partial charge on any atom is -0.487 e. The van der Waals surface area contributed by atoms with Gasteiger partial charge in [-0.1, -0.05) is 23.4 Å². The van der Waals surface area contributed by atoms with E-state index in [4.69, 9.17) is 9.26 Å². The Morgan fingerprint density at radius 2 is 2.21 bits per heavy atom. The number of ether oxygens (including phenoxy) is 1. The number of aliphatic hydroxyl groups excluding tert-OH is 1. The van der Waals surface area contributed by atoms with Gasteiger partial charge in [-0.05, 0) is 32.8 Å². The van der Waals surface area contributed by atoms with Crippen molar-refractivity contribution < 1.29 is 14.4 Å². The molecule has 0 aliphatic carbocycles. The molecule has 2 aliphatic rings. The third-order valence-electron chi connectivity index (χ3n) is 4.76. The molecular weight excluding hydrogens is 306 g/mol. The first-order valence-electron chi connectivity index (χ1n) is 8.43. The van der Waals surface area contributed by atoms with E-state index in [0.29, 0.717) is 31.2 Å². The van der Waals surface area contributed by atoms with Gasteiger partial charge in [-0.3, -0.25) is 4.90 Å². The Bertz CT molecular complexity index is 756. The minimum absolute atomic E-state index is 0.0496. The molecule has 4 rings (SSSR count). The standard InChI is InChI=1S/C18H23N3O3/c1-11-19-17(24-20-11)15-7-14(22)10-21(15)9-13-6-4-5-12-8-18(2,3)23-16(12)13/h4-6,14-15,22H,7-10H2,1-3H3/t14-,15+/m0/s1. The Balaban J connectivity index is 1.60. The summed E-state index contributed by atoms with van der Waals surface area (Å²) in [4.78, 5) is 6.55. The number of aryl methyl sites for hydroxylation is 1. The molecular formula is C18H23N3O3.